The topological polar surface area (TPSA) is 213 Å². The van der Waals surface area contributed by atoms with Crippen molar-refractivity contribution in [2.75, 3.05) is 39.2 Å². The summed E-state index contributed by atoms with van der Waals surface area (Å²) in [6.45, 7) is 9.34. The van der Waals surface area contributed by atoms with E-state index in [2.05, 4.69) is 50.2 Å². The van der Waals surface area contributed by atoms with Crippen molar-refractivity contribution >= 4 is 57.7 Å². The Balaban J connectivity index is 0.833. The number of benzene rings is 3. The number of fused-ring (bicyclic) bond motifs is 4. The molecule has 0 saturated carbocycles. The molecule has 9 rings (SSSR count). The molecule has 5 amide bonds. The monoisotopic (exact) mass is 929 g/mol. The summed E-state index contributed by atoms with van der Waals surface area (Å²) in [5, 5.41) is 8.68. The predicted octanol–water partition coefficient (Wildman–Crippen LogP) is 7.38. The Bertz CT molecular complexity index is 2730. The molecule has 2 fully saturated rings. The van der Waals surface area contributed by atoms with Crippen molar-refractivity contribution in [1.82, 2.24) is 40.4 Å². The average Bonchev–Trinajstić information content (AvgIpc) is 4.14. The number of rotatable bonds is 11. The van der Waals surface area contributed by atoms with Crippen LogP contribution in [0.25, 0.3) is 22.1 Å². The van der Waals surface area contributed by atoms with E-state index in [1.807, 2.05) is 56.9 Å². The zero-order chi connectivity index (χ0) is 47.8. The van der Waals surface area contributed by atoms with Crippen LogP contribution >= 0.6 is 0 Å². The summed E-state index contributed by atoms with van der Waals surface area (Å²) >= 11 is 0. The summed E-state index contributed by atoms with van der Waals surface area (Å²) in [5.74, 6) is 1.61. The van der Waals surface area contributed by atoms with E-state index in [-0.39, 0.29) is 53.5 Å². The largest absolute Gasteiger partial charge is 0.493 e. The van der Waals surface area contributed by atoms with Gasteiger partial charge in [-0.1, -0.05) is 39.8 Å². The molecule has 68 heavy (non-hydrogen) atoms. The first kappa shape index (κ1) is 46.5. The maximum absolute atomic E-state index is 14.0. The number of carbonyl (C=O) groups excluding carboxylic acids is 5. The predicted molar refractivity (Wildman–Crippen MR) is 255 cm³/mol. The van der Waals surface area contributed by atoms with Gasteiger partial charge in [-0.05, 0) is 134 Å². The number of H-pyrrole nitrogens is 2. The van der Waals surface area contributed by atoms with Crippen molar-refractivity contribution < 1.29 is 38.2 Å². The Labute approximate surface area is 395 Å². The number of aromatic amines is 2. The van der Waals surface area contributed by atoms with E-state index >= 15 is 0 Å². The van der Waals surface area contributed by atoms with E-state index in [0.717, 1.165) is 101 Å². The van der Waals surface area contributed by atoms with Gasteiger partial charge < -0.3 is 49.9 Å². The third-order valence-electron chi connectivity index (χ3n) is 14.4. The highest BCUT2D eigenvalue weighted by molar-refractivity contribution is 5.98. The molecule has 4 aliphatic rings. The first-order valence-electron chi connectivity index (χ1n) is 24.2. The normalized spacial score (nSPS) is 21.4. The summed E-state index contributed by atoms with van der Waals surface area (Å²) in [4.78, 5) is 85.9. The van der Waals surface area contributed by atoms with Crippen LogP contribution in [-0.4, -0.2) is 106 Å². The molecular formula is C51H63N9O8. The number of nitrogens with one attached hydrogen (secondary N) is 5. The van der Waals surface area contributed by atoms with Crippen molar-refractivity contribution in [2.24, 2.45) is 17.8 Å². The minimum absolute atomic E-state index is 0.0551. The highest BCUT2D eigenvalue weighted by Crippen LogP contribution is 2.39. The number of methoxy groups -OCH3 is 2. The Kier molecular flexibility index (Phi) is 13.3. The first-order valence-corrected chi connectivity index (χ1v) is 24.2. The van der Waals surface area contributed by atoms with E-state index in [1.54, 1.807) is 4.90 Å². The summed E-state index contributed by atoms with van der Waals surface area (Å²) in [5.41, 5.74) is 8.37. The van der Waals surface area contributed by atoms with E-state index in [0.29, 0.717) is 38.4 Å². The number of anilines is 1. The zero-order valence-corrected chi connectivity index (χ0v) is 39.8. The van der Waals surface area contributed by atoms with Crippen LogP contribution in [-0.2, 0) is 43.1 Å². The van der Waals surface area contributed by atoms with Crippen LogP contribution in [0, 0.1) is 17.8 Å². The minimum Gasteiger partial charge on any atom is -0.493 e. The number of aromatic nitrogens is 4. The van der Waals surface area contributed by atoms with Gasteiger partial charge in [0.1, 0.15) is 29.5 Å². The molecule has 3 aromatic carbocycles. The molecule has 4 aliphatic heterocycles. The molecule has 2 saturated heterocycles. The number of hydrogen-bond donors (Lipinski definition) is 5. The lowest BCUT2D eigenvalue weighted by atomic mass is 9.92. The summed E-state index contributed by atoms with van der Waals surface area (Å²) in [6, 6.07) is 14.6. The lowest BCUT2D eigenvalue weighted by molar-refractivity contribution is -0.136. The van der Waals surface area contributed by atoms with Crippen molar-refractivity contribution in [2.45, 2.75) is 116 Å². The summed E-state index contributed by atoms with van der Waals surface area (Å²) in [7, 11) is 2.58. The second-order valence-electron chi connectivity index (χ2n) is 19.6. The molecule has 17 nitrogen and oxygen atoms in total. The van der Waals surface area contributed by atoms with Crippen LogP contribution in [0.4, 0.5) is 15.3 Å². The molecule has 4 unspecified atom stereocenters. The van der Waals surface area contributed by atoms with E-state index < -0.39 is 24.3 Å². The molecule has 17 heteroatoms. The standard InChI is InChI=1S/C51H63N9O8/c1-27(2)43(57-50(64)66-5)48(62)59-19-7-9-40(59)45-52-35-17-12-29(22-38(35)54-45)21-30-11-13-33-24-37-32(25-42(33)68-26-30)14-16-34(47(61)56-37)31-15-18-36-39(23-31)55-46(53-36)41-10-8-20-60(41)49(63)44(28(3)4)58-51(65)67-6/h12,15,17-18,22-25,27-28,30,34,40-41,43-44H,7-11,13-14,16,19-21,26H2,1-6H3,(H,52,54)(H,53,55)(H,56,61)(H,57,64)(H,58,65)/t30?,34?,40?,41?,43-,44+/m1/s1. The summed E-state index contributed by atoms with van der Waals surface area (Å²) < 4.78 is 16.1. The number of imidazole rings is 2. The van der Waals surface area contributed by atoms with Crippen LogP contribution in [0.15, 0.2) is 48.5 Å². The van der Waals surface area contributed by atoms with Gasteiger partial charge in [0.05, 0.1) is 60.9 Å². The van der Waals surface area contributed by atoms with Crippen molar-refractivity contribution in [3.05, 3.63) is 82.4 Å². The van der Waals surface area contributed by atoms with Gasteiger partial charge in [-0.3, -0.25) is 14.4 Å². The molecule has 360 valence electrons. The second-order valence-corrected chi connectivity index (χ2v) is 19.6. The number of hydrogen-bond acceptors (Lipinski definition) is 10. The van der Waals surface area contributed by atoms with Gasteiger partial charge >= 0.3 is 12.2 Å². The van der Waals surface area contributed by atoms with Gasteiger partial charge in [0.25, 0.3) is 0 Å². The van der Waals surface area contributed by atoms with Gasteiger partial charge in [0.15, 0.2) is 0 Å². The molecule has 0 bridgehead atoms. The fraction of sp³-hybridized carbons (Fsp3) is 0.510. The molecule has 2 aromatic heterocycles. The van der Waals surface area contributed by atoms with E-state index in [9.17, 15) is 24.0 Å². The third kappa shape index (κ3) is 9.43. The van der Waals surface area contributed by atoms with Crippen molar-refractivity contribution in [3.8, 4) is 5.75 Å². The molecule has 6 atom stereocenters. The van der Waals surface area contributed by atoms with Gasteiger partial charge in [-0.2, -0.15) is 0 Å². The SMILES string of the molecule is COC(=O)N[C@H](C(=O)N1CCCC1c1nc2ccc(C3CCc4cc5c(cc4NC3=O)CCC(Cc3ccc4nc(C6CCCN6C(=O)[C@H](NC(=O)OC)C(C)C)[nH]c4c3)CO5)cc2[nH]1)C(C)C. The number of likely N-dealkylation sites (tertiary alicyclic amines) is 2. The van der Waals surface area contributed by atoms with Gasteiger partial charge in [-0.25, -0.2) is 19.6 Å². The number of carbonyl (C=O) groups is 5. The first-order chi connectivity index (χ1) is 32.8. The highest BCUT2D eigenvalue weighted by atomic mass is 16.5. The van der Waals surface area contributed by atoms with Crippen LogP contribution in [0.5, 0.6) is 5.75 Å². The molecular weight excluding hydrogens is 867 g/mol. The average molecular weight is 930 g/mol. The molecule has 5 N–H and O–H groups in total. The minimum atomic E-state index is -0.720. The number of ether oxygens (including phenoxy) is 3. The van der Waals surface area contributed by atoms with Crippen LogP contribution in [0.2, 0.25) is 0 Å². The van der Waals surface area contributed by atoms with Crippen LogP contribution in [0.1, 0.15) is 118 Å². The van der Waals surface area contributed by atoms with Crippen LogP contribution in [0.3, 0.4) is 0 Å². The smallest absolute Gasteiger partial charge is 0.407 e. The highest BCUT2D eigenvalue weighted by Gasteiger charge is 2.39. The van der Waals surface area contributed by atoms with Gasteiger partial charge in [0, 0.05) is 18.8 Å². The Morgan fingerprint density at radius 3 is 1.90 bits per heavy atom. The maximum Gasteiger partial charge on any atom is 0.407 e. The summed E-state index contributed by atoms with van der Waals surface area (Å²) in [6.07, 6.45) is 5.82. The number of amides is 5. The quantitative estimate of drug-likeness (QED) is 0.0887. The fourth-order valence-electron chi connectivity index (χ4n) is 10.6. The van der Waals surface area contributed by atoms with Gasteiger partial charge in [0.2, 0.25) is 17.7 Å². The molecule has 0 spiro atoms. The van der Waals surface area contributed by atoms with E-state index in [4.69, 9.17) is 24.2 Å². The fourth-order valence-corrected chi connectivity index (χ4v) is 10.6. The number of nitrogens with zero attached hydrogens (tertiary/aromatic N) is 4. The van der Waals surface area contributed by atoms with Crippen molar-refractivity contribution in [3.63, 3.8) is 0 Å². The third-order valence-corrected chi connectivity index (χ3v) is 14.4. The molecule has 6 heterocycles. The second kappa shape index (κ2) is 19.5. The van der Waals surface area contributed by atoms with Gasteiger partial charge in [-0.15, -0.1) is 0 Å². The van der Waals surface area contributed by atoms with E-state index in [1.165, 1.54) is 19.8 Å². The maximum atomic E-state index is 14.0. The van der Waals surface area contributed by atoms with Crippen LogP contribution < -0.4 is 20.7 Å². The molecule has 0 aliphatic carbocycles. The number of aryl methyl sites for hydroxylation is 2. The lowest BCUT2D eigenvalue weighted by Crippen LogP contribution is -2.51. The zero-order valence-electron chi connectivity index (χ0n) is 39.8. The Morgan fingerprint density at radius 1 is 0.735 bits per heavy atom. The molecule has 5 aromatic rings. The Hall–Kier alpha value is -6.65. The van der Waals surface area contributed by atoms with Crippen molar-refractivity contribution in [1.29, 1.82) is 0 Å². The Morgan fingerprint density at radius 2 is 1.31 bits per heavy atom. The number of alkyl carbamates (subject to hydrolysis) is 2. The molecule has 0 radical (unpaired) electrons. The lowest BCUT2D eigenvalue weighted by Gasteiger charge is -2.29.